The van der Waals surface area contributed by atoms with Gasteiger partial charge in [0.05, 0.1) is 13.0 Å². The molecular formula is C13H22N2O5. The zero-order chi connectivity index (χ0) is 15.3. The number of carboxylic acids is 1. The first-order valence-corrected chi connectivity index (χ1v) is 6.78. The Balaban J connectivity index is 2.68. The Bertz CT molecular complexity index is 392. The molecule has 0 aliphatic carbocycles. The Morgan fingerprint density at radius 1 is 1.35 bits per heavy atom. The topological polar surface area (TPSA) is 95.9 Å². The summed E-state index contributed by atoms with van der Waals surface area (Å²) in [5.41, 5.74) is -1.25. The smallest absolute Gasteiger partial charge is 0.329 e. The number of methoxy groups -OCH3 is 1. The Hall–Kier alpha value is -1.79. The molecular weight excluding hydrogens is 264 g/mol. The van der Waals surface area contributed by atoms with Crippen molar-refractivity contribution in [2.75, 3.05) is 20.2 Å². The van der Waals surface area contributed by atoms with Gasteiger partial charge in [-0.05, 0) is 19.3 Å². The predicted molar refractivity (Wildman–Crippen MR) is 71.2 cm³/mol. The van der Waals surface area contributed by atoms with E-state index in [1.54, 1.807) is 13.8 Å². The average molecular weight is 286 g/mol. The highest BCUT2D eigenvalue weighted by atomic mass is 16.5. The zero-order valence-corrected chi connectivity index (χ0v) is 12.1. The van der Waals surface area contributed by atoms with Gasteiger partial charge in [0, 0.05) is 13.1 Å². The molecule has 0 aromatic carbocycles. The lowest BCUT2D eigenvalue weighted by molar-refractivity contribution is -0.146. The summed E-state index contributed by atoms with van der Waals surface area (Å²) < 4.78 is 4.65. The third-order valence-electron chi connectivity index (χ3n) is 3.97. The minimum Gasteiger partial charge on any atom is -0.480 e. The van der Waals surface area contributed by atoms with Gasteiger partial charge in [-0.15, -0.1) is 0 Å². The van der Waals surface area contributed by atoms with E-state index >= 15 is 0 Å². The molecule has 1 rings (SSSR count). The number of nitrogens with one attached hydrogen (secondary N) is 1. The SMILES string of the molecule is CCC(CC)(NC(=O)N1CCC(C(=O)OC)C1)C(=O)O. The van der Waals surface area contributed by atoms with Crippen molar-refractivity contribution in [1.82, 2.24) is 10.2 Å². The molecule has 114 valence electrons. The number of hydrogen-bond donors (Lipinski definition) is 2. The maximum absolute atomic E-state index is 12.1. The molecule has 7 heteroatoms. The first-order valence-electron chi connectivity index (χ1n) is 6.78. The van der Waals surface area contributed by atoms with Gasteiger partial charge in [0.15, 0.2) is 0 Å². The summed E-state index contributed by atoms with van der Waals surface area (Å²) in [6.07, 6.45) is 1.15. The van der Waals surface area contributed by atoms with Gasteiger partial charge in [0.1, 0.15) is 5.54 Å². The van der Waals surface area contributed by atoms with Crippen LogP contribution in [0.2, 0.25) is 0 Å². The van der Waals surface area contributed by atoms with Crippen LogP contribution in [0.25, 0.3) is 0 Å². The Morgan fingerprint density at radius 2 is 1.95 bits per heavy atom. The summed E-state index contributed by atoms with van der Waals surface area (Å²) in [5.74, 6) is -1.71. The molecule has 0 aromatic rings. The molecule has 0 aromatic heterocycles. The molecule has 1 heterocycles. The lowest BCUT2D eigenvalue weighted by Gasteiger charge is -2.30. The van der Waals surface area contributed by atoms with Gasteiger partial charge in [-0.3, -0.25) is 4.79 Å². The molecule has 1 fully saturated rings. The fourth-order valence-corrected chi connectivity index (χ4v) is 2.37. The summed E-state index contributed by atoms with van der Waals surface area (Å²) in [7, 11) is 1.31. The van der Waals surface area contributed by atoms with Crippen molar-refractivity contribution in [1.29, 1.82) is 0 Å². The van der Waals surface area contributed by atoms with Gasteiger partial charge < -0.3 is 20.1 Å². The summed E-state index contributed by atoms with van der Waals surface area (Å²) >= 11 is 0. The van der Waals surface area contributed by atoms with Crippen LogP contribution >= 0.6 is 0 Å². The zero-order valence-electron chi connectivity index (χ0n) is 12.1. The number of esters is 1. The maximum atomic E-state index is 12.1. The molecule has 1 unspecified atom stereocenters. The molecule has 20 heavy (non-hydrogen) atoms. The number of amides is 2. The molecule has 0 radical (unpaired) electrons. The van der Waals surface area contributed by atoms with Gasteiger partial charge in [-0.25, -0.2) is 9.59 Å². The van der Waals surface area contributed by atoms with E-state index in [9.17, 15) is 19.5 Å². The van der Waals surface area contributed by atoms with Crippen molar-refractivity contribution in [3.63, 3.8) is 0 Å². The minimum absolute atomic E-state index is 0.266. The van der Waals surface area contributed by atoms with Gasteiger partial charge in [-0.1, -0.05) is 13.8 Å². The quantitative estimate of drug-likeness (QED) is 0.730. The second-order valence-corrected chi connectivity index (χ2v) is 4.98. The first kappa shape index (κ1) is 16.3. The molecule has 2 amide bonds. The number of carboxylic acid groups (broad SMARTS) is 1. The molecule has 0 spiro atoms. The molecule has 0 bridgehead atoms. The highest BCUT2D eigenvalue weighted by Crippen LogP contribution is 2.20. The monoisotopic (exact) mass is 286 g/mol. The van der Waals surface area contributed by atoms with Gasteiger partial charge in [0.2, 0.25) is 0 Å². The number of urea groups is 1. The molecule has 1 saturated heterocycles. The van der Waals surface area contributed by atoms with Gasteiger partial charge in [0.25, 0.3) is 0 Å². The van der Waals surface area contributed by atoms with Crippen molar-refractivity contribution < 1.29 is 24.2 Å². The molecule has 0 saturated carbocycles. The summed E-state index contributed by atoms with van der Waals surface area (Å²) in [6.45, 7) is 4.13. The molecule has 2 N–H and O–H groups in total. The van der Waals surface area contributed by atoms with Gasteiger partial charge in [-0.2, -0.15) is 0 Å². The Labute approximate surface area is 118 Å². The molecule has 7 nitrogen and oxygen atoms in total. The lowest BCUT2D eigenvalue weighted by Crippen LogP contribution is -2.57. The van der Waals surface area contributed by atoms with Crippen LogP contribution in [0.5, 0.6) is 0 Å². The molecule has 1 aliphatic heterocycles. The second kappa shape index (κ2) is 6.58. The average Bonchev–Trinajstić information content (AvgIpc) is 2.93. The highest BCUT2D eigenvalue weighted by molar-refractivity contribution is 5.86. The van der Waals surface area contributed by atoms with Crippen molar-refractivity contribution in [2.45, 2.75) is 38.6 Å². The highest BCUT2D eigenvalue weighted by Gasteiger charge is 2.39. The van der Waals surface area contributed by atoms with Crippen LogP contribution in [0.1, 0.15) is 33.1 Å². The number of ether oxygens (including phenoxy) is 1. The van der Waals surface area contributed by atoms with Crippen LogP contribution < -0.4 is 5.32 Å². The fourth-order valence-electron chi connectivity index (χ4n) is 2.37. The summed E-state index contributed by atoms with van der Waals surface area (Å²) in [4.78, 5) is 36.4. The van der Waals surface area contributed by atoms with Crippen LogP contribution in [-0.2, 0) is 14.3 Å². The van der Waals surface area contributed by atoms with Gasteiger partial charge >= 0.3 is 18.0 Å². The molecule has 1 aliphatic rings. The standard InChI is InChI=1S/C13H22N2O5/c1-4-13(5-2,11(17)18)14-12(19)15-7-6-9(8-15)10(16)20-3/h9H,4-8H2,1-3H3,(H,14,19)(H,17,18). The van der Waals surface area contributed by atoms with Crippen LogP contribution in [-0.4, -0.2) is 53.7 Å². The van der Waals surface area contributed by atoms with E-state index in [2.05, 4.69) is 10.1 Å². The van der Waals surface area contributed by atoms with Crippen molar-refractivity contribution in [3.05, 3.63) is 0 Å². The maximum Gasteiger partial charge on any atom is 0.329 e. The third kappa shape index (κ3) is 3.20. The van der Waals surface area contributed by atoms with E-state index in [-0.39, 0.29) is 18.4 Å². The fraction of sp³-hybridized carbons (Fsp3) is 0.769. The van der Waals surface area contributed by atoms with E-state index in [0.717, 1.165) is 0 Å². The van der Waals surface area contributed by atoms with Crippen molar-refractivity contribution >= 4 is 18.0 Å². The normalized spacial score (nSPS) is 18.8. The number of carbonyl (C=O) groups is 3. The number of carbonyl (C=O) groups excluding carboxylic acids is 2. The molecule has 1 atom stereocenters. The van der Waals surface area contributed by atoms with Crippen molar-refractivity contribution in [3.8, 4) is 0 Å². The van der Waals surface area contributed by atoms with Crippen LogP contribution in [0.3, 0.4) is 0 Å². The number of aliphatic carboxylic acids is 1. The second-order valence-electron chi connectivity index (χ2n) is 4.98. The Morgan fingerprint density at radius 3 is 2.40 bits per heavy atom. The summed E-state index contributed by atoms with van der Waals surface area (Å²) in [5, 5.41) is 11.9. The van der Waals surface area contributed by atoms with Crippen LogP contribution in [0.15, 0.2) is 0 Å². The third-order valence-corrected chi connectivity index (χ3v) is 3.97. The Kier molecular flexibility index (Phi) is 5.35. The summed E-state index contributed by atoms with van der Waals surface area (Å²) in [6, 6.07) is -0.442. The number of hydrogen-bond acceptors (Lipinski definition) is 4. The van der Waals surface area contributed by atoms with E-state index < -0.39 is 17.5 Å². The van der Waals surface area contributed by atoms with E-state index in [4.69, 9.17) is 0 Å². The lowest BCUT2D eigenvalue weighted by atomic mass is 9.93. The largest absolute Gasteiger partial charge is 0.480 e. The number of rotatable bonds is 5. The van der Waals surface area contributed by atoms with E-state index in [0.29, 0.717) is 25.8 Å². The van der Waals surface area contributed by atoms with E-state index in [1.165, 1.54) is 12.0 Å². The number of nitrogens with zero attached hydrogens (tertiary/aromatic N) is 1. The van der Waals surface area contributed by atoms with E-state index in [1.807, 2.05) is 0 Å². The van der Waals surface area contributed by atoms with Crippen LogP contribution in [0.4, 0.5) is 4.79 Å². The minimum atomic E-state index is -1.25. The predicted octanol–water partition coefficient (Wildman–Crippen LogP) is 0.834. The van der Waals surface area contributed by atoms with Crippen LogP contribution in [0, 0.1) is 5.92 Å². The number of likely N-dealkylation sites (tertiary alicyclic amines) is 1. The van der Waals surface area contributed by atoms with Crippen molar-refractivity contribution in [2.24, 2.45) is 5.92 Å². The first-order chi connectivity index (χ1) is 9.40.